The van der Waals surface area contributed by atoms with E-state index in [1.807, 2.05) is 0 Å². The van der Waals surface area contributed by atoms with Gasteiger partial charge in [-0.15, -0.1) is 11.3 Å². The number of aryl methyl sites for hydroxylation is 1. The first-order valence-corrected chi connectivity index (χ1v) is 6.87. The maximum absolute atomic E-state index is 11.4. The number of nitrogens with two attached hydrogens (primary N) is 1. The summed E-state index contributed by atoms with van der Waals surface area (Å²) in [6, 6.07) is 0. The highest BCUT2D eigenvalue weighted by molar-refractivity contribution is 7.89. The summed E-state index contributed by atoms with van der Waals surface area (Å²) in [5.74, 6) is 0.174. The average Bonchev–Trinajstić information content (AvgIpc) is 2.61. The van der Waals surface area contributed by atoms with Gasteiger partial charge in [-0.05, 0) is 23.0 Å². The number of nitrogens with zero attached hydrogens (tertiary/aromatic N) is 1. The average molecular weight is 262 g/mol. The fraction of sp³-hybridized carbons (Fsp3) is 0.375. The van der Waals surface area contributed by atoms with E-state index in [9.17, 15) is 8.42 Å². The van der Waals surface area contributed by atoms with Crippen LogP contribution in [0.1, 0.15) is 10.4 Å². The van der Waals surface area contributed by atoms with E-state index in [0.717, 1.165) is 0 Å². The van der Waals surface area contributed by atoms with E-state index >= 15 is 0 Å². The third-order valence-electron chi connectivity index (χ3n) is 1.96. The molecule has 0 spiro atoms. The van der Waals surface area contributed by atoms with Gasteiger partial charge in [0.1, 0.15) is 16.4 Å². The van der Waals surface area contributed by atoms with E-state index in [-0.39, 0.29) is 10.8 Å². The molecule has 2 N–H and O–H groups in total. The largest absolute Gasteiger partial charge is 0.471 e. The Balaban J connectivity index is 2.54. The summed E-state index contributed by atoms with van der Waals surface area (Å²) in [6.45, 7) is 2.38. The molecule has 0 saturated heterocycles. The Kier molecular flexibility index (Phi) is 2.87. The second-order valence-electron chi connectivity index (χ2n) is 3.20. The van der Waals surface area contributed by atoms with Gasteiger partial charge in [-0.3, -0.25) is 0 Å². The van der Waals surface area contributed by atoms with Crippen LogP contribution in [-0.2, 0) is 19.6 Å². The lowest BCUT2D eigenvalue weighted by molar-refractivity contribution is 0.0656. The van der Waals surface area contributed by atoms with Crippen LogP contribution in [-0.4, -0.2) is 27.5 Å². The number of hydrogen-bond acceptors (Lipinski definition) is 6. The summed E-state index contributed by atoms with van der Waals surface area (Å²) in [5, 5.41) is 10.5. The van der Waals surface area contributed by atoms with Crippen molar-refractivity contribution in [2.24, 2.45) is 10.3 Å². The molecule has 88 valence electrons. The van der Waals surface area contributed by atoms with E-state index in [1.165, 1.54) is 11.3 Å². The van der Waals surface area contributed by atoms with Gasteiger partial charge in [-0.25, -0.2) is 13.6 Å². The second kappa shape index (κ2) is 4.04. The second-order valence-corrected chi connectivity index (χ2v) is 5.58. The van der Waals surface area contributed by atoms with Crippen LogP contribution in [0.4, 0.5) is 0 Å². The highest BCUT2D eigenvalue weighted by atomic mass is 32.2. The smallest absolute Gasteiger partial charge is 0.269 e. The highest BCUT2D eigenvalue weighted by Crippen LogP contribution is 2.27. The molecule has 8 heteroatoms. The van der Waals surface area contributed by atoms with Crippen LogP contribution in [0.15, 0.2) is 15.4 Å². The van der Waals surface area contributed by atoms with Gasteiger partial charge in [0.15, 0.2) is 6.61 Å². The van der Waals surface area contributed by atoms with E-state index < -0.39 is 10.0 Å². The third-order valence-corrected chi connectivity index (χ3v) is 4.27. The van der Waals surface area contributed by atoms with Gasteiger partial charge in [0.05, 0.1) is 0 Å². The molecule has 1 aromatic rings. The van der Waals surface area contributed by atoms with Gasteiger partial charge in [0, 0.05) is 0 Å². The van der Waals surface area contributed by atoms with Crippen molar-refractivity contribution >= 4 is 27.3 Å². The minimum Gasteiger partial charge on any atom is -0.471 e. The lowest BCUT2D eigenvalue weighted by Gasteiger charge is -2.13. The fourth-order valence-corrected chi connectivity index (χ4v) is 3.65. The lowest BCUT2D eigenvalue weighted by atomic mass is 10.3. The summed E-state index contributed by atoms with van der Waals surface area (Å²) in [6.07, 6.45) is 0. The molecule has 0 radical (unpaired) electrons. The van der Waals surface area contributed by atoms with Crippen molar-refractivity contribution < 1.29 is 18.0 Å². The number of ether oxygens (including phenoxy) is 1. The molecule has 0 saturated carbocycles. The van der Waals surface area contributed by atoms with Crippen LogP contribution in [0, 0.1) is 6.92 Å². The molecule has 1 aromatic heterocycles. The van der Waals surface area contributed by atoms with Crippen LogP contribution >= 0.6 is 11.3 Å². The van der Waals surface area contributed by atoms with Gasteiger partial charge in [0.25, 0.3) is 5.90 Å². The van der Waals surface area contributed by atoms with Gasteiger partial charge < -0.3 is 9.57 Å². The van der Waals surface area contributed by atoms with E-state index in [1.54, 1.807) is 12.3 Å². The van der Waals surface area contributed by atoms with Gasteiger partial charge in [-0.1, -0.05) is 0 Å². The molecule has 0 amide bonds. The summed E-state index contributed by atoms with van der Waals surface area (Å²) in [5.41, 5.74) is 0.583. The quantitative estimate of drug-likeness (QED) is 0.835. The Labute approximate surface area is 96.7 Å². The molecular formula is C8H10N2O4S2. The Morgan fingerprint density at radius 2 is 2.25 bits per heavy atom. The van der Waals surface area contributed by atoms with Gasteiger partial charge in [-0.2, -0.15) is 0 Å². The molecule has 0 aliphatic carbocycles. The molecule has 0 fully saturated rings. The van der Waals surface area contributed by atoms with Crippen molar-refractivity contribution in [2.45, 2.75) is 11.8 Å². The summed E-state index contributed by atoms with van der Waals surface area (Å²) < 4.78 is 28.1. The Bertz CT molecular complexity index is 532. The maximum atomic E-state index is 11.4. The zero-order valence-electron chi connectivity index (χ0n) is 8.47. The molecule has 1 aliphatic rings. The van der Waals surface area contributed by atoms with E-state index in [4.69, 9.17) is 14.7 Å². The normalized spacial score (nSPS) is 16.2. The number of thiophene rings is 1. The molecule has 1 aliphatic heterocycles. The van der Waals surface area contributed by atoms with E-state index in [2.05, 4.69) is 5.16 Å². The Morgan fingerprint density at radius 1 is 1.50 bits per heavy atom. The number of rotatable bonds is 2. The minimum atomic E-state index is -3.78. The molecule has 0 unspecified atom stereocenters. The third kappa shape index (κ3) is 2.04. The number of sulfonamides is 1. The zero-order valence-corrected chi connectivity index (χ0v) is 10.1. The summed E-state index contributed by atoms with van der Waals surface area (Å²) in [4.78, 5) is 5.29. The SMILES string of the molecule is Cc1csc(C2=NOCCO2)c1S(N)(=O)=O. The van der Waals surface area contributed by atoms with Crippen LogP contribution in [0.2, 0.25) is 0 Å². The molecule has 6 nitrogen and oxygen atoms in total. The Hall–Kier alpha value is -1.12. The van der Waals surface area contributed by atoms with Crippen molar-refractivity contribution in [3.63, 3.8) is 0 Å². The van der Waals surface area contributed by atoms with Crippen molar-refractivity contribution in [1.82, 2.24) is 0 Å². The molecule has 2 rings (SSSR count). The number of oxime groups is 1. The minimum absolute atomic E-state index is 0.0572. The van der Waals surface area contributed by atoms with Crippen molar-refractivity contribution in [3.05, 3.63) is 15.8 Å². The molecule has 0 bridgehead atoms. The number of hydrogen-bond donors (Lipinski definition) is 1. The van der Waals surface area contributed by atoms with Crippen molar-refractivity contribution in [3.8, 4) is 0 Å². The lowest BCUT2D eigenvalue weighted by Crippen LogP contribution is -2.21. The van der Waals surface area contributed by atoms with E-state index in [0.29, 0.717) is 23.7 Å². The van der Waals surface area contributed by atoms with Crippen LogP contribution in [0.3, 0.4) is 0 Å². The molecule has 16 heavy (non-hydrogen) atoms. The van der Waals surface area contributed by atoms with Crippen LogP contribution < -0.4 is 5.14 Å². The fourth-order valence-electron chi connectivity index (χ4n) is 1.35. The summed E-state index contributed by atoms with van der Waals surface area (Å²) >= 11 is 1.21. The van der Waals surface area contributed by atoms with Crippen molar-refractivity contribution in [2.75, 3.05) is 13.2 Å². The first-order chi connectivity index (χ1) is 7.50. The molecule has 0 atom stereocenters. The van der Waals surface area contributed by atoms with Gasteiger partial charge in [0.2, 0.25) is 10.0 Å². The topological polar surface area (TPSA) is 91.0 Å². The molecule has 2 heterocycles. The monoisotopic (exact) mass is 262 g/mol. The summed E-state index contributed by atoms with van der Waals surface area (Å²) in [7, 11) is -3.78. The number of primary sulfonamides is 1. The van der Waals surface area contributed by atoms with Crippen LogP contribution in [0.25, 0.3) is 0 Å². The maximum Gasteiger partial charge on any atom is 0.269 e. The molecular weight excluding hydrogens is 252 g/mol. The predicted molar refractivity (Wildman–Crippen MR) is 58.9 cm³/mol. The first-order valence-electron chi connectivity index (χ1n) is 4.44. The van der Waals surface area contributed by atoms with Crippen molar-refractivity contribution in [1.29, 1.82) is 0 Å². The first kappa shape index (κ1) is 11.4. The predicted octanol–water partition coefficient (Wildman–Crippen LogP) is 0.412. The van der Waals surface area contributed by atoms with Gasteiger partial charge >= 0.3 is 0 Å². The molecule has 0 aromatic carbocycles. The Morgan fingerprint density at radius 3 is 2.81 bits per heavy atom. The van der Waals surface area contributed by atoms with Crippen LogP contribution in [0.5, 0.6) is 0 Å². The zero-order chi connectivity index (χ0) is 11.8. The standard InChI is InChI=1S/C8H10N2O4S2/c1-5-4-15-6(7(5)16(9,11)12)8-10-14-3-2-13-8/h4H,2-3H2,1H3,(H2,9,11,12). The highest BCUT2D eigenvalue weighted by Gasteiger charge is 2.25.